The van der Waals surface area contributed by atoms with Gasteiger partial charge in [-0.1, -0.05) is 12.1 Å². The van der Waals surface area contributed by atoms with Gasteiger partial charge in [0.2, 0.25) is 0 Å². The van der Waals surface area contributed by atoms with Gasteiger partial charge in [0, 0.05) is 10.9 Å². The number of hydrogen-bond acceptors (Lipinski definition) is 4. The van der Waals surface area contributed by atoms with Crippen molar-refractivity contribution in [2.24, 2.45) is 0 Å². The van der Waals surface area contributed by atoms with E-state index in [1.165, 1.54) is 2.88 Å². The van der Waals surface area contributed by atoms with Crippen LogP contribution in [0.3, 0.4) is 0 Å². The third-order valence-electron chi connectivity index (χ3n) is 3.35. The molecule has 0 atom stereocenters. The van der Waals surface area contributed by atoms with E-state index in [1.54, 1.807) is 18.4 Å². The molecule has 6 heteroatoms. The van der Waals surface area contributed by atoms with Crippen molar-refractivity contribution in [2.75, 3.05) is 12.8 Å². The minimum atomic E-state index is 0.497. The molecule has 3 aromatic rings. The fraction of sp³-hybridized carbons (Fsp3) is 0.133. The molecule has 108 valence electrons. The Kier molecular flexibility index (Phi) is 3.90. The van der Waals surface area contributed by atoms with E-state index in [1.807, 2.05) is 25.1 Å². The number of ether oxygens (including phenoxy) is 1. The molecule has 1 aromatic carbocycles. The number of hydrogen-bond donors (Lipinski definition) is 2. The minimum Gasteiger partial charge on any atom is -0.496 e. The fourth-order valence-corrected chi connectivity index (χ4v) is 3.61. The number of thiophene rings is 1. The first-order valence-corrected chi connectivity index (χ1v) is 8.29. The molecular formula is C15H14IN3OS. The molecule has 4 nitrogen and oxygen atoms in total. The molecule has 0 unspecified atom stereocenters. The molecular weight excluding hydrogens is 397 g/mol. The molecule has 0 aliphatic carbocycles. The van der Waals surface area contributed by atoms with E-state index in [2.05, 4.69) is 44.2 Å². The second kappa shape index (κ2) is 5.69. The second-order valence-corrected chi connectivity index (χ2v) is 7.49. The predicted octanol–water partition coefficient (Wildman–Crippen LogP) is 4.31. The van der Waals surface area contributed by atoms with E-state index in [0.717, 1.165) is 33.7 Å². The number of anilines is 1. The Bertz CT molecular complexity index is 794. The molecule has 0 aliphatic rings. The Morgan fingerprint density at radius 2 is 2.10 bits per heavy atom. The highest BCUT2D eigenvalue weighted by Crippen LogP contribution is 2.38. The largest absolute Gasteiger partial charge is 0.496 e. The number of nitrogens with two attached hydrogens (primary N) is 1. The molecule has 0 radical (unpaired) electrons. The normalized spacial score (nSPS) is 10.8. The van der Waals surface area contributed by atoms with Crippen molar-refractivity contribution in [1.29, 1.82) is 0 Å². The van der Waals surface area contributed by atoms with Crippen molar-refractivity contribution in [3.63, 3.8) is 0 Å². The lowest BCUT2D eigenvalue weighted by atomic mass is 10.0. The van der Waals surface area contributed by atoms with E-state index in [9.17, 15) is 0 Å². The summed E-state index contributed by atoms with van der Waals surface area (Å²) in [5.41, 5.74) is 11.1. The van der Waals surface area contributed by atoms with Gasteiger partial charge in [-0.05, 0) is 52.8 Å². The van der Waals surface area contributed by atoms with Gasteiger partial charge in [0.15, 0.2) is 5.82 Å². The molecule has 0 aliphatic heterocycles. The fourth-order valence-electron chi connectivity index (χ4n) is 2.27. The van der Waals surface area contributed by atoms with Crippen LogP contribution < -0.4 is 10.5 Å². The molecule has 0 spiro atoms. The van der Waals surface area contributed by atoms with Crippen LogP contribution in [-0.2, 0) is 0 Å². The summed E-state index contributed by atoms with van der Waals surface area (Å²) in [7, 11) is 1.67. The van der Waals surface area contributed by atoms with Crippen molar-refractivity contribution < 1.29 is 4.74 Å². The summed E-state index contributed by atoms with van der Waals surface area (Å²) in [5, 5.41) is 9.31. The Morgan fingerprint density at radius 1 is 1.29 bits per heavy atom. The highest BCUT2D eigenvalue weighted by Gasteiger charge is 2.16. The van der Waals surface area contributed by atoms with Gasteiger partial charge in [-0.15, -0.1) is 11.3 Å². The highest BCUT2D eigenvalue weighted by atomic mass is 127. The standard InChI is InChI=1S/C15H14IN3OS/c1-8-3-4-9(5-11(8)20-2)13-14(18-19-15(13)17)10-6-12(16)21-7-10/h3-7H,1-2H3,(H3,17,18,19). The number of aryl methyl sites for hydroxylation is 1. The molecule has 0 fully saturated rings. The Balaban J connectivity index is 2.17. The van der Waals surface area contributed by atoms with Gasteiger partial charge in [0.05, 0.1) is 21.3 Å². The average Bonchev–Trinajstić information content (AvgIpc) is 3.05. The van der Waals surface area contributed by atoms with Crippen molar-refractivity contribution in [3.05, 3.63) is 38.1 Å². The van der Waals surface area contributed by atoms with Gasteiger partial charge in [0.25, 0.3) is 0 Å². The van der Waals surface area contributed by atoms with Crippen LogP contribution in [0, 0.1) is 9.81 Å². The van der Waals surface area contributed by atoms with Crippen LogP contribution in [0.2, 0.25) is 0 Å². The van der Waals surface area contributed by atoms with Gasteiger partial charge in [-0.25, -0.2) is 0 Å². The molecule has 3 rings (SSSR count). The van der Waals surface area contributed by atoms with E-state index in [4.69, 9.17) is 10.5 Å². The summed E-state index contributed by atoms with van der Waals surface area (Å²) >= 11 is 4.01. The zero-order chi connectivity index (χ0) is 15.0. The van der Waals surface area contributed by atoms with Crippen LogP contribution in [0.1, 0.15) is 5.56 Å². The number of halogens is 1. The number of H-pyrrole nitrogens is 1. The lowest BCUT2D eigenvalue weighted by Crippen LogP contribution is -1.91. The topological polar surface area (TPSA) is 63.9 Å². The number of nitrogen functional groups attached to an aromatic ring is 1. The van der Waals surface area contributed by atoms with Crippen molar-refractivity contribution >= 4 is 39.7 Å². The number of rotatable bonds is 3. The summed E-state index contributed by atoms with van der Waals surface area (Å²) in [6.45, 7) is 2.02. The van der Waals surface area contributed by atoms with Crippen LogP contribution in [0.5, 0.6) is 5.75 Å². The Labute approximate surface area is 140 Å². The van der Waals surface area contributed by atoms with Crippen molar-refractivity contribution in [1.82, 2.24) is 10.2 Å². The van der Waals surface area contributed by atoms with Gasteiger partial charge in [-0.3, -0.25) is 5.10 Å². The number of nitrogens with zero attached hydrogens (tertiary/aromatic N) is 1. The maximum absolute atomic E-state index is 6.07. The maximum Gasteiger partial charge on any atom is 0.153 e. The first-order valence-electron chi connectivity index (χ1n) is 6.33. The van der Waals surface area contributed by atoms with Crippen LogP contribution in [0.4, 0.5) is 5.82 Å². The summed E-state index contributed by atoms with van der Waals surface area (Å²) in [5.74, 6) is 1.34. The predicted molar refractivity (Wildman–Crippen MR) is 95.8 cm³/mol. The second-order valence-electron chi connectivity index (χ2n) is 4.68. The minimum absolute atomic E-state index is 0.497. The molecule has 2 aromatic heterocycles. The Morgan fingerprint density at radius 3 is 2.76 bits per heavy atom. The zero-order valence-corrected chi connectivity index (χ0v) is 14.6. The summed E-state index contributed by atoms with van der Waals surface area (Å²) in [6.07, 6.45) is 0. The molecule has 2 heterocycles. The first kappa shape index (κ1) is 14.4. The molecule has 21 heavy (non-hydrogen) atoms. The lowest BCUT2D eigenvalue weighted by Gasteiger charge is -2.08. The van der Waals surface area contributed by atoms with Crippen LogP contribution >= 0.6 is 33.9 Å². The molecule has 0 bridgehead atoms. The van der Waals surface area contributed by atoms with Crippen LogP contribution in [-0.4, -0.2) is 17.3 Å². The van der Waals surface area contributed by atoms with E-state index in [0.29, 0.717) is 5.82 Å². The summed E-state index contributed by atoms with van der Waals surface area (Å²) in [4.78, 5) is 0. The smallest absolute Gasteiger partial charge is 0.153 e. The van der Waals surface area contributed by atoms with Gasteiger partial charge < -0.3 is 10.5 Å². The van der Waals surface area contributed by atoms with Gasteiger partial charge in [-0.2, -0.15) is 5.10 Å². The maximum atomic E-state index is 6.07. The van der Waals surface area contributed by atoms with E-state index < -0.39 is 0 Å². The van der Waals surface area contributed by atoms with Crippen molar-refractivity contribution in [2.45, 2.75) is 6.92 Å². The third kappa shape index (κ3) is 2.65. The average molecular weight is 411 g/mol. The number of nitrogens with one attached hydrogen (secondary N) is 1. The number of methoxy groups -OCH3 is 1. The lowest BCUT2D eigenvalue weighted by molar-refractivity contribution is 0.412. The number of aromatic amines is 1. The number of benzene rings is 1. The highest BCUT2D eigenvalue weighted by molar-refractivity contribution is 14.1. The van der Waals surface area contributed by atoms with Crippen LogP contribution in [0.25, 0.3) is 22.4 Å². The molecule has 3 N–H and O–H groups in total. The third-order valence-corrected chi connectivity index (χ3v) is 5.14. The molecule has 0 amide bonds. The monoisotopic (exact) mass is 411 g/mol. The zero-order valence-electron chi connectivity index (χ0n) is 11.6. The van der Waals surface area contributed by atoms with Gasteiger partial charge in [0.1, 0.15) is 5.75 Å². The number of aromatic nitrogens is 2. The van der Waals surface area contributed by atoms with Crippen LogP contribution in [0.15, 0.2) is 29.6 Å². The molecule has 0 saturated carbocycles. The Hall–Kier alpha value is -1.54. The first-order chi connectivity index (χ1) is 10.1. The van der Waals surface area contributed by atoms with E-state index in [-0.39, 0.29) is 0 Å². The SMILES string of the molecule is COc1cc(-c2c(N)n[nH]c2-c2csc(I)c2)ccc1C. The quantitative estimate of drug-likeness (QED) is 0.632. The van der Waals surface area contributed by atoms with Crippen molar-refractivity contribution in [3.8, 4) is 28.1 Å². The summed E-state index contributed by atoms with van der Waals surface area (Å²) < 4.78 is 6.63. The van der Waals surface area contributed by atoms with E-state index >= 15 is 0 Å². The summed E-state index contributed by atoms with van der Waals surface area (Å²) in [6, 6.07) is 8.19. The van der Waals surface area contributed by atoms with Gasteiger partial charge >= 0.3 is 0 Å². The molecule has 0 saturated heterocycles.